The number of benzene rings is 1. The van der Waals surface area contributed by atoms with E-state index < -0.39 is 0 Å². The van der Waals surface area contributed by atoms with Crippen molar-refractivity contribution in [2.45, 2.75) is 51.6 Å². The van der Waals surface area contributed by atoms with Gasteiger partial charge in [0, 0.05) is 12.1 Å². The van der Waals surface area contributed by atoms with Gasteiger partial charge in [0.2, 0.25) is 0 Å². The van der Waals surface area contributed by atoms with Gasteiger partial charge in [0.1, 0.15) is 0 Å². The topological polar surface area (TPSA) is 21.3 Å². The molecule has 1 N–H and O–H groups in total. The summed E-state index contributed by atoms with van der Waals surface area (Å²) in [6.45, 7) is 4.30. The molecule has 0 bridgehead atoms. The molecular formula is C16H24FNO. The van der Waals surface area contributed by atoms with Crippen molar-refractivity contribution >= 4 is 0 Å². The van der Waals surface area contributed by atoms with E-state index in [2.05, 4.69) is 19.2 Å². The predicted molar refractivity (Wildman–Crippen MR) is 75.9 cm³/mol. The first kappa shape index (κ1) is 14.3. The Labute approximate surface area is 115 Å². The summed E-state index contributed by atoms with van der Waals surface area (Å²) in [5.74, 6) is 0.933. The number of hydrogen-bond acceptors (Lipinski definition) is 2. The van der Waals surface area contributed by atoms with Gasteiger partial charge in [-0.1, -0.05) is 25.8 Å². The summed E-state index contributed by atoms with van der Waals surface area (Å²) >= 11 is 0. The Morgan fingerprint density at radius 2 is 2.16 bits per heavy atom. The Morgan fingerprint density at radius 3 is 2.68 bits per heavy atom. The smallest absolute Gasteiger partial charge is 0.165 e. The van der Waals surface area contributed by atoms with Gasteiger partial charge in [-0.3, -0.25) is 0 Å². The maximum atomic E-state index is 13.7. The number of rotatable bonds is 7. The lowest BCUT2D eigenvalue weighted by Crippen LogP contribution is -2.31. The molecule has 2 atom stereocenters. The molecule has 1 aliphatic rings. The van der Waals surface area contributed by atoms with Gasteiger partial charge in [-0.15, -0.1) is 0 Å². The molecule has 1 aliphatic carbocycles. The molecule has 1 aromatic rings. The van der Waals surface area contributed by atoms with E-state index in [-0.39, 0.29) is 11.9 Å². The van der Waals surface area contributed by atoms with Crippen LogP contribution in [0.15, 0.2) is 18.2 Å². The molecule has 0 spiro atoms. The van der Waals surface area contributed by atoms with Crippen LogP contribution in [0.5, 0.6) is 5.75 Å². The zero-order valence-corrected chi connectivity index (χ0v) is 12.1. The highest BCUT2D eigenvalue weighted by Crippen LogP contribution is 2.34. The first-order valence-electron chi connectivity index (χ1n) is 7.23. The quantitative estimate of drug-likeness (QED) is 0.802. The van der Waals surface area contributed by atoms with Gasteiger partial charge in [-0.05, 0) is 43.4 Å². The average Bonchev–Trinajstić information content (AvgIpc) is 3.21. The lowest BCUT2D eigenvalue weighted by Gasteiger charge is -2.23. The van der Waals surface area contributed by atoms with Crippen LogP contribution in [-0.2, 0) is 0 Å². The molecule has 106 valence electrons. The van der Waals surface area contributed by atoms with Crippen molar-refractivity contribution in [3.63, 3.8) is 0 Å². The van der Waals surface area contributed by atoms with E-state index >= 15 is 0 Å². The lowest BCUT2D eigenvalue weighted by atomic mass is 10.0. The highest BCUT2D eigenvalue weighted by Gasteiger charge is 2.25. The van der Waals surface area contributed by atoms with Crippen molar-refractivity contribution in [3.05, 3.63) is 29.6 Å². The molecule has 1 fully saturated rings. The van der Waals surface area contributed by atoms with E-state index in [4.69, 9.17) is 4.74 Å². The second-order valence-corrected chi connectivity index (χ2v) is 5.57. The van der Waals surface area contributed by atoms with Crippen LogP contribution in [0, 0.1) is 11.7 Å². The Hall–Kier alpha value is -1.09. The summed E-state index contributed by atoms with van der Waals surface area (Å²) in [5, 5.41) is 3.61. The van der Waals surface area contributed by atoms with E-state index in [0.717, 1.165) is 17.9 Å². The summed E-state index contributed by atoms with van der Waals surface area (Å²) in [5.41, 5.74) is 0.979. The fourth-order valence-electron chi connectivity index (χ4n) is 2.51. The zero-order valence-electron chi connectivity index (χ0n) is 12.1. The van der Waals surface area contributed by atoms with Crippen LogP contribution in [0.2, 0.25) is 0 Å². The number of hydrogen-bond donors (Lipinski definition) is 1. The van der Waals surface area contributed by atoms with E-state index in [1.807, 2.05) is 6.07 Å². The van der Waals surface area contributed by atoms with Gasteiger partial charge < -0.3 is 10.1 Å². The molecule has 2 rings (SSSR count). The third-order valence-corrected chi connectivity index (χ3v) is 3.97. The van der Waals surface area contributed by atoms with Crippen LogP contribution >= 0.6 is 0 Å². The van der Waals surface area contributed by atoms with E-state index in [1.165, 1.54) is 26.4 Å². The van der Waals surface area contributed by atoms with Crippen molar-refractivity contribution in [2.24, 2.45) is 5.92 Å². The molecule has 3 heteroatoms. The minimum absolute atomic E-state index is 0.170. The van der Waals surface area contributed by atoms with Gasteiger partial charge in [0.15, 0.2) is 11.6 Å². The molecule has 0 heterocycles. The van der Waals surface area contributed by atoms with Crippen molar-refractivity contribution in [1.82, 2.24) is 5.32 Å². The van der Waals surface area contributed by atoms with E-state index in [9.17, 15) is 4.39 Å². The van der Waals surface area contributed by atoms with Gasteiger partial charge in [0.25, 0.3) is 0 Å². The normalized spacial score (nSPS) is 18.1. The molecule has 1 aromatic carbocycles. The highest BCUT2D eigenvalue weighted by molar-refractivity contribution is 5.30. The fourth-order valence-corrected chi connectivity index (χ4v) is 2.51. The Kier molecular flexibility index (Phi) is 4.81. The molecule has 2 unspecified atom stereocenters. The van der Waals surface area contributed by atoms with E-state index in [0.29, 0.717) is 11.8 Å². The van der Waals surface area contributed by atoms with Crippen molar-refractivity contribution < 1.29 is 9.13 Å². The molecule has 19 heavy (non-hydrogen) atoms. The van der Waals surface area contributed by atoms with Crippen LogP contribution in [0.3, 0.4) is 0 Å². The largest absolute Gasteiger partial charge is 0.494 e. The van der Waals surface area contributed by atoms with Crippen LogP contribution in [0.4, 0.5) is 4.39 Å². The number of methoxy groups -OCH3 is 1. The van der Waals surface area contributed by atoms with Crippen LogP contribution in [0.1, 0.15) is 51.1 Å². The highest BCUT2D eigenvalue weighted by atomic mass is 19.1. The van der Waals surface area contributed by atoms with Gasteiger partial charge in [-0.25, -0.2) is 4.39 Å². The molecule has 0 aromatic heterocycles. The second kappa shape index (κ2) is 6.38. The minimum atomic E-state index is -0.288. The fraction of sp³-hybridized carbons (Fsp3) is 0.625. The number of ether oxygens (including phenoxy) is 1. The summed E-state index contributed by atoms with van der Waals surface area (Å²) in [6, 6.07) is 5.91. The molecule has 2 nitrogen and oxygen atoms in total. The molecule has 0 saturated heterocycles. The summed E-state index contributed by atoms with van der Waals surface area (Å²) in [6.07, 6.45) is 5.13. The Balaban J connectivity index is 1.97. The lowest BCUT2D eigenvalue weighted by molar-refractivity contribution is 0.382. The monoisotopic (exact) mass is 265 g/mol. The average molecular weight is 265 g/mol. The van der Waals surface area contributed by atoms with Gasteiger partial charge in [-0.2, -0.15) is 0 Å². The Morgan fingerprint density at radius 1 is 1.42 bits per heavy atom. The third kappa shape index (κ3) is 3.93. The Bertz CT molecular complexity index is 417. The molecular weight excluding hydrogens is 241 g/mol. The van der Waals surface area contributed by atoms with Crippen LogP contribution in [-0.4, -0.2) is 13.2 Å². The molecule has 0 radical (unpaired) electrons. The first-order chi connectivity index (χ1) is 9.13. The van der Waals surface area contributed by atoms with Crippen molar-refractivity contribution in [1.29, 1.82) is 0 Å². The van der Waals surface area contributed by atoms with Gasteiger partial charge in [0.05, 0.1) is 7.11 Å². The maximum Gasteiger partial charge on any atom is 0.165 e. The summed E-state index contributed by atoms with van der Waals surface area (Å²) in [7, 11) is 1.49. The maximum absolute atomic E-state index is 13.7. The molecule has 0 amide bonds. The zero-order chi connectivity index (χ0) is 13.8. The van der Waals surface area contributed by atoms with E-state index in [1.54, 1.807) is 12.1 Å². The number of nitrogens with one attached hydrogen (secondary N) is 1. The van der Waals surface area contributed by atoms with Crippen molar-refractivity contribution in [3.8, 4) is 5.75 Å². The second-order valence-electron chi connectivity index (χ2n) is 5.57. The minimum Gasteiger partial charge on any atom is -0.494 e. The first-order valence-corrected chi connectivity index (χ1v) is 7.23. The van der Waals surface area contributed by atoms with Crippen LogP contribution in [0.25, 0.3) is 0 Å². The molecule has 1 saturated carbocycles. The summed E-state index contributed by atoms with van der Waals surface area (Å²) in [4.78, 5) is 0. The molecule has 0 aliphatic heterocycles. The van der Waals surface area contributed by atoms with Crippen LogP contribution < -0.4 is 10.1 Å². The van der Waals surface area contributed by atoms with Gasteiger partial charge >= 0.3 is 0 Å². The predicted octanol–water partition coefficient (Wildman–Crippen LogP) is 4.06. The SMILES string of the molecule is CCC(CC1CC1)NC(C)c1ccc(OC)c(F)c1. The summed E-state index contributed by atoms with van der Waals surface area (Å²) < 4.78 is 18.6. The number of halogens is 1. The third-order valence-electron chi connectivity index (χ3n) is 3.97. The van der Waals surface area contributed by atoms with Crippen molar-refractivity contribution in [2.75, 3.05) is 7.11 Å². The standard InChI is InChI=1S/C16H24FNO/c1-4-14(9-12-5-6-12)18-11(2)13-7-8-16(19-3)15(17)10-13/h7-8,10-12,14,18H,4-6,9H2,1-3H3.